The Labute approximate surface area is 90.8 Å². The highest BCUT2D eigenvalue weighted by Crippen LogP contribution is 2.23. The van der Waals surface area contributed by atoms with E-state index in [-0.39, 0.29) is 6.04 Å². The fraction of sp³-hybridized carbons (Fsp3) is 0.818. The molecule has 1 fully saturated rings. The van der Waals surface area contributed by atoms with E-state index >= 15 is 0 Å². The lowest BCUT2D eigenvalue weighted by Gasteiger charge is -2.24. The van der Waals surface area contributed by atoms with Gasteiger partial charge in [-0.05, 0) is 37.7 Å². The standard InChI is InChI=1S/C11H20N2O2/c12-13-10(7-9-4-6-14-8-9)11-3-1-2-5-15-11/h3,9-10,13H,1-2,4-8,12H2. The molecular formula is C11H20N2O2. The number of hydrogen-bond acceptors (Lipinski definition) is 4. The molecule has 0 bridgehead atoms. The van der Waals surface area contributed by atoms with Crippen LogP contribution >= 0.6 is 0 Å². The molecule has 2 rings (SSSR count). The third-order valence-corrected chi connectivity index (χ3v) is 3.10. The summed E-state index contributed by atoms with van der Waals surface area (Å²) in [7, 11) is 0. The minimum Gasteiger partial charge on any atom is -0.497 e. The Hall–Kier alpha value is -0.580. The number of hydrazine groups is 1. The fourth-order valence-corrected chi connectivity index (χ4v) is 2.19. The van der Waals surface area contributed by atoms with E-state index < -0.39 is 0 Å². The zero-order valence-electron chi connectivity index (χ0n) is 9.08. The third kappa shape index (κ3) is 2.93. The molecule has 0 aliphatic carbocycles. The molecule has 0 aromatic rings. The maximum atomic E-state index is 5.62. The summed E-state index contributed by atoms with van der Waals surface area (Å²) in [6.07, 6.45) is 6.54. The Morgan fingerprint density at radius 3 is 3.07 bits per heavy atom. The summed E-state index contributed by atoms with van der Waals surface area (Å²) in [5, 5.41) is 0. The average Bonchev–Trinajstić information content (AvgIpc) is 2.80. The molecule has 0 aromatic carbocycles. The van der Waals surface area contributed by atoms with Gasteiger partial charge in [-0.3, -0.25) is 5.84 Å². The van der Waals surface area contributed by atoms with Crippen LogP contribution in [0.3, 0.4) is 0 Å². The number of nitrogens with two attached hydrogens (primary N) is 1. The summed E-state index contributed by atoms with van der Waals surface area (Å²) in [5.74, 6) is 7.22. The van der Waals surface area contributed by atoms with Gasteiger partial charge >= 0.3 is 0 Å². The molecule has 86 valence electrons. The second-order valence-corrected chi connectivity index (χ2v) is 4.28. The van der Waals surface area contributed by atoms with Crippen molar-refractivity contribution in [3.8, 4) is 0 Å². The zero-order chi connectivity index (χ0) is 10.5. The monoisotopic (exact) mass is 212 g/mol. The first-order valence-corrected chi connectivity index (χ1v) is 5.77. The zero-order valence-corrected chi connectivity index (χ0v) is 9.08. The van der Waals surface area contributed by atoms with Crippen molar-refractivity contribution >= 4 is 0 Å². The summed E-state index contributed by atoms with van der Waals surface area (Å²) < 4.78 is 11.0. The Balaban J connectivity index is 1.87. The van der Waals surface area contributed by atoms with Gasteiger partial charge in [0, 0.05) is 13.2 Å². The summed E-state index contributed by atoms with van der Waals surface area (Å²) in [6, 6.07) is 0.164. The van der Waals surface area contributed by atoms with Gasteiger partial charge in [-0.15, -0.1) is 0 Å². The van der Waals surface area contributed by atoms with Crippen LogP contribution in [0.4, 0.5) is 0 Å². The lowest BCUT2D eigenvalue weighted by Crippen LogP contribution is -2.39. The van der Waals surface area contributed by atoms with Crippen molar-refractivity contribution < 1.29 is 9.47 Å². The number of rotatable bonds is 4. The predicted molar refractivity (Wildman–Crippen MR) is 57.9 cm³/mol. The minimum absolute atomic E-state index is 0.164. The maximum Gasteiger partial charge on any atom is 0.110 e. The molecule has 0 spiro atoms. The summed E-state index contributed by atoms with van der Waals surface area (Å²) in [4.78, 5) is 0. The Morgan fingerprint density at radius 2 is 2.47 bits per heavy atom. The van der Waals surface area contributed by atoms with Crippen molar-refractivity contribution in [1.29, 1.82) is 0 Å². The van der Waals surface area contributed by atoms with E-state index in [2.05, 4.69) is 11.5 Å². The van der Waals surface area contributed by atoms with Gasteiger partial charge in [-0.25, -0.2) is 5.43 Å². The lowest BCUT2D eigenvalue weighted by atomic mass is 9.97. The SMILES string of the molecule is NNC(CC1CCOC1)C1=CCCCO1. The fourth-order valence-electron chi connectivity index (χ4n) is 2.19. The molecule has 0 saturated carbocycles. The Bertz CT molecular complexity index is 225. The molecule has 0 amide bonds. The molecule has 2 heterocycles. The molecule has 0 radical (unpaired) electrons. The van der Waals surface area contributed by atoms with Gasteiger partial charge in [-0.1, -0.05) is 0 Å². The Kier molecular flexibility index (Phi) is 4.00. The molecule has 0 aromatic heterocycles. The molecule has 1 saturated heterocycles. The second kappa shape index (κ2) is 5.49. The number of allylic oxidation sites excluding steroid dienone is 1. The van der Waals surface area contributed by atoms with Crippen LogP contribution in [0.15, 0.2) is 11.8 Å². The van der Waals surface area contributed by atoms with Gasteiger partial charge in [0.25, 0.3) is 0 Å². The van der Waals surface area contributed by atoms with Crippen molar-refractivity contribution in [2.24, 2.45) is 11.8 Å². The molecule has 2 unspecified atom stereocenters. The molecular weight excluding hydrogens is 192 g/mol. The van der Waals surface area contributed by atoms with Crippen LogP contribution in [0.2, 0.25) is 0 Å². The Morgan fingerprint density at radius 1 is 1.53 bits per heavy atom. The smallest absolute Gasteiger partial charge is 0.110 e. The predicted octanol–water partition coefficient (Wildman–Crippen LogP) is 0.939. The van der Waals surface area contributed by atoms with Crippen LogP contribution in [-0.4, -0.2) is 25.9 Å². The van der Waals surface area contributed by atoms with Gasteiger partial charge in [0.05, 0.1) is 12.6 Å². The van der Waals surface area contributed by atoms with E-state index in [9.17, 15) is 0 Å². The van der Waals surface area contributed by atoms with Crippen molar-refractivity contribution in [2.75, 3.05) is 19.8 Å². The van der Waals surface area contributed by atoms with Crippen molar-refractivity contribution in [1.82, 2.24) is 5.43 Å². The van der Waals surface area contributed by atoms with Crippen molar-refractivity contribution in [3.63, 3.8) is 0 Å². The van der Waals surface area contributed by atoms with Crippen molar-refractivity contribution in [3.05, 3.63) is 11.8 Å². The molecule has 2 atom stereocenters. The maximum absolute atomic E-state index is 5.62. The van der Waals surface area contributed by atoms with Gasteiger partial charge < -0.3 is 9.47 Å². The molecule has 2 aliphatic rings. The van der Waals surface area contributed by atoms with E-state index in [0.29, 0.717) is 5.92 Å². The van der Waals surface area contributed by atoms with Gasteiger partial charge in [0.2, 0.25) is 0 Å². The molecule has 3 N–H and O–H groups in total. The summed E-state index contributed by atoms with van der Waals surface area (Å²) >= 11 is 0. The molecule has 15 heavy (non-hydrogen) atoms. The van der Waals surface area contributed by atoms with Crippen LogP contribution < -0.4 is 11.3 Å². The summed E-state index contributed by atoms with van der Waals surface area (Å²) in [6.45, 7) is 2.58. The highest BCUT2D eigenvalue weighted by Gasteiger charge is 2.24. The van der Waals surface area contributed by atoms with Crippen LogP contribution in [-0.2, 0) is 9.47 Å². The number of nitrogens with one attached hydrogen (secondary N) is 1. The highest BCUT2D eigenvalue weighted by molar-refractivity contribution is 5.05. The van der Waals surface area contributed by atoms with E-state index in [1.807, 2.05) is 0 Å². The van der Waals surface area contributed by atoms with Gasteiger partial charge in [0.1, 0.15) is 5.76 Å². The largest absolute Gasteiger partial charge is 0.497 e. The lowest BCUT2D eigenvalue weighted by molar-refractivity contribution is 0.152. The first-order valence-electron chi connectivity index (χ1n) is 5.77. The highest BCUT2D eigenvalue weighted by atomic mass is 16.5. The minimum atomic E-state index is 0.164. The van der Waals surface area contributed by atoms with Crippen LogP contribution in [0.25, 0.3) is 0 Å². The van der Waals surface area contributed by atoms with E-state index in [1.54, 1.807) is 0 Å². The van der Waals surface area contributed by atoms with E-state index in [1.165, 1.54) is 0 Å². The topological polar surface area (TPSA) is 56.5 Å². The molecule has 2 aliphatic heterocycles. The van der Waals surface area contributed by atoms with Gasteiger partial charge in [-0.2, -0.15) is 0 Å². The number of ether oxygens (including phenoxy) is 2. The molecule has 4 heteroatoms. The van der Waals surface area contributed by atoms with Crippen LogP contribution in [0.5, 0.6) is 0 Å². The summed E-state index contributed by atoms with van der Waals surface area (Å²) in [5.41, 5.74) is 2.85. The average molecular weight is 212 g/mol. The van der Waals surface area contributed by atoms with Gasteiger partial charge in [0.15, 0.2) is 0 Å². The first kappa shape index (κ1) is 10.9. The van der Waals surface area contributed by atoms with Crippen LogP contribution in [0.1, 0.15) is 25.7 Å². The van der Waals surface area contributed by atoms with Crippen molar-refractivity contribution in [2.45, 2.75) is 31.7 Å². The second-order valence-electron chi connectivity index (χ2n) is 4.28. The van der Waals surface area contributed by atoms with E-state index in [4.69, 9.17) is 15.3 Å². The van der Waals surface area contributed by atoms with E-state index in [0.717, 1.165) is 51.3 Å². The van der Waals surface area contributed by atoms with Crippen LogP contribution in [0, 0.1) is 5.92 Å². The quantitative estimate of drug-likeness (QED) is 0.538. The normalized spacial score (nSPS) is 28.3. The first-order chi connectivity index (χ1) is 7.40. The number of hydrogen-bond donors (Lipinski definition) is 2. The molecule has 4 nitrogen and oxygen atoms in total. The third-order valence-electron chi connectivity index (χ3n) is 3.10.